The molecule has 1 aliphatic rings. The Hall–Kier alpha value is -1.24. The highest BCUT2D eigenvalue weighted by atomic mass is 32.1. The summed E-state index contributed by atoms with van der Waals surface area (Å²) in [5.74, 6) is 1.14. The molecule has 6 heteroatoms. The second-order valence-corrected chi connectivity index (χ2v) is 6.33. The van der Waals surface area contributed by atoms with Crippen LogP contribution in [-0.2, 0) is 24.5 Å². The molecule has 0 N–H and O–H groups in total. The molecule has 2 aromatic rings. The third kappa shape index (κ3) is 2.63. The van der Waals surface area contributed by atoms with E-state index in [1.807, 2.05) is 13.1 Å². The minimum absolute atomic E-state index is 0.374. The SMILES string of the molecule is Cc1nc(COCc2cnc3n2CCN(C)[C@@H]3C)cs1. The van der Waals surface area contributed by atoms with Crippen LogP contribution in [0.3, 0.4) is 0 Å². The number of hydrogen-bond donors (Lipinski definition) is 0. The number of nitrogens with zero attached hydrogens (tertiary/aromatic N) is 4. The summed E-state index contributed by atoms with van der Waals surface area (Å²) in [5.41, 5.74) is 2.17. The van der Waals surface area contributed by atoms with Gasteiger partial charge >= 0.3 is 0 Å². The standard InChI is InChI=1S/C14H20N4OS/c1-10-14-15-6-13(18(14)5-4-17(10)3)8-19-7-12-9-20-11(2)16-12/h6,9-10H,4-5,7-8H2,1-3H3/t10-/m1/s1. The Morgan fingerprint density at radius 1 is 1.40 bits per heavy atom. The largest absolute Gasteiger partial charge is 0.369 e. The Labute approximate surface area is 123 Å². The summed E-state index contributed by atoms with van der Waals surface area (Å²) in [4.78, 5) is 11.3. The number of hydrogen-bond acceptors (Lipinski definition) is 5. The van der Waals surface area contributed by atoms with Crippen LogP contribution in [-0.4, -0.2) is 33.0 Å². The van der Waals surface area contributed by atoms with Gasteiger partial charge in [-0.15, -0.1) is 11.3 Å². The van der Waals surface area contributed by atoms with Gasteiger partial charge in [0.15, 0.2) is 0 Å². The van der Waals surface area contributed by atoms with Gasteiger partial charge in [-0.1, -0.05) is 0 Å². The summed E-state index contributed by atoms with van der Waals surface area (Å²) in [7, 11) is 2.14. The second kappa shape index (κ2) is 5.63. The molecule has 1 aliphatic heterocycles. The normalized spacial score (nSPS) is 19.2. The number of rotatable bonds is 4. The predicted molar refractivity (Wildman–Crippen MR) is 78.6 cm³/mol. The molecular formula is C14H20N4OS. The maximum absolute atomic E-state index is 5.78. The quantitative estimate of drug-likeness (QED) is 0.868. The fourth-order valence-electron chi connectivity index (χ4n) is 2.52. The van der Waals surface area contributed by atoms with Gasteiger partial charge in [0.25, 0.3) is 0 Å². The maximum Gasteiger partial charge on any atom is 0.126 e. The first-order valence-corrected chi connectivity index (χ1v) is 7.76. The van der Waals surface area contributed by atoms with Crippen molar-refractivity contribution in [3.8, 4) is 0 Å². The second-order valence-electron chi connectivity index (χ2n) is 5.27. The number of likely N-dealkylation sites (N-methyl/N-ethyl adjacent to an activating group) is 1. The Bertz CT molecular complexity index is 592. The molecular weight excluding hydrogens is 272 g/mol. The van der Waals surface area contributed by atoms with E-state index < -0.39 is 0 Å². The zero-order chi connectivity index (χ0) is 14.1. The summed E-state index contributed by atoms with van der Waals surface area (Å²) in [6, 6.07) is 0.374. The van der Waals surface area contributed by atoms with Gasteiger partial charge in [-0.3, -0.25) is 4.90 Å². The molecule has 3 heterocycles. The van der Waals surface area contributed by atoms with Crippen molar-refractivity contribution in [3.63, 3.8) is 0 Å². The molecule has 0 saturated carbocycles. The van der Waals surface area contributed by atoms with Crippen molar-refractivity contribution in [1.82, 2.24) is 19.4 Å². The lowest BCUT2D eigenvalue weighted by atomic mass is 10.2. The lowest BCUT2D eigenvalue weighted by Crippen LogP contribution is -2.34. The van der Waals surface area contributed by atoms with Crippen LogP contribution < -0.4 is 0 Å². The van der Waals surface area contributed by atoms with Crippen LogP contribution in [0.5, 0.6) is 0 Å². The summed E-state index contributed by atoms with van der Waals surface area (Å²) in [6.45, 7) is 7.42. The van der Waals surface area contributed by atoms with E-state index in [1.54, 1.807) is 11.3 Å². The molecule has 0 aliphatic carbocycles. The van der Waals surface area contributed by atoms with Crippen LogP contribution in [0.15, 0.2) is 11.6 Å². The van der Waals surface area contributed by atoms with Crippen LogP contribution in [0.4, 0.5) is 0 Å². The molecule has 5 nitrogen and oxygen atoms in total. The fourth-order valence-corrected chi connectivity index (χ4v) is 3.11. The maximum atomic E-state index is 5.78. The Morgan fingerprint density at radius 2 is 2.25 bits per heavy atom. The lowest BCUT2D eigenvalue weighted by molar-refractivity contribution is 0.0971. The van der Waals surface area contributed by atoms with Crippen LogP contribution in [0.1, 0.15) is 35.2 Å². The highest BCUT2D eigenvalue weighted by Gasteiger charge is 2.24. The van der Waals surface area contributed by atoms with Gasteiger partial charge in [0.2, 0.25) is 0 Å². The van der Waals surface area contributed by atoms with E-state index in [4.69, 9.17) is 4.74 Å². The number of thiazole rings is 1. The number of ether oxygens (including phenoxy) is 1. The van der Waals surface area contributed by atoms with Crippen molar-refractivity contribution < 1.29 is 4.74 Å². The van der Waals surface area contributed by atoms with Crippen LogP contribution in [0.2, 0.25) is 0 Å². The zero-order valence-corrected chi connectivity index (χ0v) is 13.0. The van der Waals surface area contributed by atoms with Crippen molar-refractivity contribution in [2.75, 3.05) is 13.6 Å². The van der Waals surface area contributed by atoms with E-state index in [9.17, 15) is 0 Å². The van der Waals surface area contributed by atoms with Crippen molar-refractivity contribution in [2.24, 2.45) is 0 Å². The summed E-state index contributed by atoms with van der Waals surface area (Å²) in [5, 5.41) is 3.14. The molecule has 108 valence electrons. The highest BCUT2D eigenvalue weighted by Crippen LogP contribution is 2.24. The molecule has 0 fully saturated rings. The first-order valence-electron chi connectivity index (χ1n) is 6.88. The molecule has 0 aromatic carbocycles. The highest BCUT2D eigenvalue weighted by molar-refractivity contribution is 7.09. The topological polar surface area (TPSA) is 43.2 Å². The van der Waals surface area contributed by atoms with Gasteiger partial charge in [-0.25, -0.2) is 9.97 Å². The first-order chi connectivity index (χ1) is 9.65. The van der Waals surface area contributed by atoms with E-state index in [-0.39, 0.29) is 0 Å². The van der Waals surface area contributed by atoms with Crippen LogP contribution >= 0.6 is 11.3 Å². The van der Waals surface area contributed by atoms with Gasteiger partial charge in [0, 0.05) is 18.5 Å². The monoisotopic (exact) mass is 292 g/mol. The van der Waals surface area contributed by atoms with Crippen LogP contribution in [0, 0.1) is 6.92 Å². The molecule has 0 spiro atoms. The molecule has 0 saturated heterocycles. The van der Waals surface area contributed by atoms with E-state index in [2.05, 4.69) is 38.8 Å². The third-order valence-corrected chi connectivity index (χ3v) is 4.67. The number of imidazole rings is 1. The Kier molecular flexibility index (Phi) is 3.87. The van der Waals surface area contributed by atoms with Crippen molar-refractivity contribution in [1.29, 1.82) is 0 Å². The minimum Gasteiger partial charge on any atom is -0.369 e. The number of aromatic nitrogens is 3. The number of aryl methyl sites for hydroxylation is 1. The van der Waals surface area contributed by atoms with Gasteiger partial charge in [0.05, 0.1) is 41.8 Å². The van der Waals surface area contributed by atoms with E-state index in [0.29, 0.717) is 19.3 Å². The fraction of sp³-hybridized carbons (Fsp3) is 0.571. The van der Waals surface area contributed by atoms with Crippen molar-refractivity contribution in [2.45, 2.75) is 39.6 Å². The van der Waals surface area contributed by atoms with Gasteiger partial charge < -0.3 is 9.30 Å². The summed E-state index contributed by atoms with van der Waals surface area (Å²) >= 11 is 1.66. The zero-order valence-electron chi connectivity index (χ0n) is 12.2. The van der Waals surface area contributed by atoms with E-state index in [1.165, 1.54) is 0 Å². The van der Waals surface area contributed by atoms with E-state index in [0.717, 1.165) is 35.3 Å². The number of fused-ring (bicyclic) bond motifs is 1. The first kappa shape index (κ1) is 13.7. The Morgan fingerprint density at radius 3 is 3.00 bits per heavy atom. The molecule has 0 amide bonds. The molecule has 2 aromatic heterocycles. The molecule has 3 rings (SSSR count). The minimum atomic E-state index is 0.374. The molecule has 0 radical (unpaired) electrons. The molecule has 1 atom stereocenters. The predicted octanol–water partition coefficient (Wildman–Crippen LogP) is 2.37. The summed E-state index contributed by atoms with van der Waals surface area (Å²) < 4.78 is 8.06. The third-order valence-electron chi connectivity index (χ3n) is 3.85. The lowest BCUT2D eigenvalue weighted by Gasteiger charge is -2.31. The average molecular weight is 292 g/mol. The average Bonchev–Trinajstić information content (AvgIpc) is 3.01. The smallest absolute Gasteiger partial charge is 0.126 e. The van der Waals surface area contributed by atoms with Crippen molar-refractivity contribution in [3.05, 3.63) is 33.8 Å². The Balaban J connectivity index is 1.63. The summed E-state index contributed by atoms with van der Waals surface area (Å²) in [6.07, 6.45) is 1.94. The molecule has 0 unspecified atom stereocenters. The van der Waals surface area contributed by atoms with Crippen LogP contribution in [0.25, 0.3) is 0 Å². The van der Waals surface area contributed by atoms with Crippen molar-refractivity contribution >= 4 is 11.3 Å². The van der Waals surface area contributed by atoms with Gasteiger partial charge in [0.1, 0.15) is 5.82 Å². The van der Waals surface area contributed by atoms with Gasteiger partial charge in [-0.2, -0.15) is 0 Å². The molecule has 0 bridgehead atoms. The molecule has 20 heavy (non-hydrogen) atoms. The van der Waals surface area contributed by atoms with E-state index >= 15 is 0 Å². The van der Waals surface area contributed by atoms with Gasteiger partial charge in [-0.05, 0) is 20.9 Å².